The predicted octanol–water partition coefficient (Wildman–Crippen LogP) is 1.95. The number of piperazine rings is 1. The molecular formula is C21H24FN4O2+. The lowest BCUT2D eigenvalue weighted by Gasteiger charge is -2.35. The number of aliphatic hydroxyl groups excluding tert-OH is 1. The van der Waals surface area contributed by atoms with Crippen LogP contribution in [0, 0.1) is 5.82 Å². The molecule has 3 aromatic rings. The lowest BCUT2D eigenvalue weighted by atomic mass is 10.1. The van der Waals surface area contributed by atoms with Gasteiger partial charge in [0.15, 0.2) is 6.20 Å². The van der Waals surface area contributed by atoms with E-state index in [0.29, 0.717) is 26.2 Å². The van der Waals surface area contributed by atoms with Gasteiger partial charge >= 0.3 is 0 Å². The highest BCUT2D eigenvalue weighted by molar-refractivity contribution is 5.97. The van der Waals surface area contributed by atoms with Gasteiger partial charge in [-0.25, -0.2) is 9.37 Å². The lowest BCUT2D eigenvalue weighted by Crippen LogP contribution is -2.49. The van der Waals surface area contributed by atoms with Crippen LogP contribution in [0.25, 0.3) is 10.9 Å². The van der Waals surface area contributed by atoms with Gasteiger partial charge < -0.3 is 20.6 Å². The number of aliphatic hydroxyl groups is 1. The Kier molecular flexibility index (Phi) is 6.06. The molecule has 2 heterocycles. The van der Waals surface area contributed by atoms with Gasteiger partial charge in [0.05, 0.1) is 10.9 Å². The average Bonchev–Trinajstić information content (AvgIpc) is 2.76. The van der Waals surface area contributed by atoms with E-state index < -0.39 is 5.82 Å². The number of nitrogen functional groups attached to an aromatic ring is 1. The predicted molar refractivity (Wildman–Crippen MR) is 108 cm³/mol. The molecule has 1 aliphatic heterocycles. The van der Waals surface area contributed by atoms with E-state index in [1.807, 2.05) is 30.5 Å². The summed E-state index contributed by atoms with van der Waals surface area (Å²) in [7, 11) is 1.00. The van der Waals surface area contributed by atoms with Crippen LogP contribution in [0.1, 0.15) is 10.4 Å². The summed E-state index contributed by atoms with van der Waals surface area (Å²) in [6.07, 6.45) is 1.88. The van der Waals surface area contributed by atoms with Crippen LogP contribution in [0.5, 0.6) is 0 Å². The van der Waals surface area contributed by atoms with Gasteiger partial charge in [-0.2, -0.15) is 0 Å². The molecule has 0 saturated carbocycles. The normalized spacial score (nSPS) is 13.8. The van der Waals surface area contributed by atoms with Crippen molar-refractivity contribution in [3.05, 3.63) is 66.1 Å². The third-order valence-corrected chi connectivity index (χ3v) is 4.86. The van der Waals surface area contributed by atoms with E-state index >= 15 is 0 Å². The molecule has 0 unspecified atom stereocenters. The number of carbonyl (C=O) groups is 1. The van der Waals surface area contributed by atoms with Crippen LogP contribution in [0.4, 0.5) is 15.8 Å². The number of H-pyrrole nitrogens is 1. The third-order valence-electron chi connectivity index (χ3n) is 4.86. The van der Waals surface area contributed by atoms with E-state index in [2.05, 4.69) is 9.88 Å². The fourth-order valence-electron chi connectivity index (χ4n) is 3.45. The fourth-order valence-corrected chi connectivity index (χ4v) is 3.45. The molecule has 28 heavy (non-hydrogen) atoms. The van der Waals surface area contributed by atoms with E-state index in [4.69, 9.17) is 10.8 Å². The highest BCUT2D eigenvalue weighted by Gasteiger charge is 2.26. The zero-order valence-electron chi connectivity index (χ0n) is 15.7. The van der Waals surface area contributed by atoms with E-state index in [1.54, 1.807) is 17.0 Å². The highest BCUT2D eigenvalue weighted by atomic mass is 19.1. The van der Waals surface area contributed by atoms with E-state index in [1.165, 1.54) is 12.1 Å². The molecule has 1 fully saturated rings. The summed E-state index contributed by atoms with van der Waals surface area (Å²) >= 11 is 0. The molecule has 0 atom stereocenters. The summed E-state index contributed by atoms with van der Waals surface area (Å²) in [5, 5.41) is 7.98. The molecule has 1 aliphatic rings. The average molecular weight is 383 g/mol. The number of nitrogens with two attached hydrogens (primary N) is 1. The van der Waals surface area contributed by atoms with Gasteiger partial charge in [-0.05, 0) is 30.3 Å². The number of aromatic nitrogens is 1. The zero-order valence-corrected chi connectivity index (χ0v) is 15.7. The topological polar surface area (TPSA) is 83.9 Å². The molecule has 1 amide bonds. The lowest BCUT2D eigenvalue weighted by molar-refractivity contribution is -0.344. The van der Waals surface area contributed by atoms with E-state index in [0.717, 1.165) is 29.4 Å². The molecule has 1 aromatic heterocycles. The smallest absolute Gasteiger partial charge is 0.256 e. The Hall–Kier alpha value is -3.19. The van der Waals surface area contributed by atoms with Crippen LogP contribution in [0.3, 0.4) is 0 Å². The van der Waals surface area contributed by atoms with Gasteiger partial charge in [0, 0.05) is 45.0 Å². The second-order valence-corrected chi connectivity index (χ2v) is 6.39. The van der Waals surface area contributed by atoms with E-state index in [9.17, 15) is 9.18 Å². The van der Waals surface area contributed by atoms with Crippen molar-refractivity contribution in [3.63, 3.8) is 0 Å². The molecule has 0 radical (unpaired) electrons. The number of amides is 1. The molecule has 0 spiro atoms. The van der Waals surface area contributed by atoms with E-state index in [-0.39, 0.29) is 11.5 Å². The monoisotopic (exact) mass is 383 g/mol. The third kappa shape index (κ3) is 3.75. The quantitative estimate of drug-likeness (QED) is 0.663. The molecule has 2 aromatic carbocycles. The van der Waals surface area contributed by atoms with Crippen LogP contribution < -0.4 is 15.6 Å². The first-order valence-electron chi connectivity index (χ1n) is 9.07. The van der Waals surface area contributed by atoms with Crippen molar-refractivity contribution in [2.45, 2.75) is 0 Å². The molecule has 146 valence electrons. The minimum atomic E-state index is -0.473. The zero-order chi connectivity index (χ0) is 20.1. The number of hydrogen-bond acceptors (Lipinski definition) is 4. The summed E-state index contributed by atoms with van der Waals surface area (Å²) in [5.74, 6) is -0.726. The number of benzene rings is 2. The SMILES string of the molecule is CO.Nc1ccc(N2CCN(C(=O)c3ccccc3F)CC2)c2[nH+]cccc12. The van der Waals surface area contributed by atoms with Crippen molar-refractivity contribution in [1.29, 1.82) is 0 Å². The van der Waals surface area contributed by atoms with Gasteiger partial charge in [0.2, 0.25) is 5.52 Å². The Balaban J connectivity index is 0.00000109. The van der Waals surface area contributed by atoms with Gasteiger partial charge in [0.1, 0.15) is 11.5 Å². The van der Waals surface area contributed by atoms with Gasteiger partial charge in [-0.1, -0.05) is 12.1 Å². The summed E-state index contributed by atoms with van der Waals surface area (Å²) in [4.78, 5) is 19.8. The van der Waals surface area contributed by atoms with Crippen LogP contribution >= 0.6 is 0 Å². The number of hydrogen-bond donors (Lipinski definition) is 2. The van der Waals surface area contributed by atoms with Crippen molar-refractivity contribution in [2.75, 3.05) is 43.9 Å². The first-order chi connectivity index (χ1) is 13.6. The summed E-state index contributed by atoms with van der Waals surface area (Å²) in [6, 6.07) is 13.9. The number of aromatic amines is 1. The Morgan fingerprint density at radius 3 is 2.46 bits per heavy atom. The largest absolute Gasteiger partial charge is 0.400 e. The minimum Gasteiger partial charge on any atom is -0.400 e. The number of pyridine rings is 1. The minimum absolute atomic E-state index is 0.132. The van der Waals surface area contributed by atoms with Gasteiger partial charge in [0.25, 0.3) is 5.91 Å². The number of carbonyl (C=O) groups excluding carboxylic acids is 1. The molecule has 0 bridgehead atoms. The summed E-state index contributed by atoms with van der Waals surface area (Å²) in [6.45, 7) is 2.46. The maximum atomic E-state index is 13.9. The number of nitrogens with zero attached hydrogens (tertiary/aromatic N) is 2. The Bertz CT molecular complexity index is 972. The Morgan fingerprint density at radius 2 is 1.75 bits per heavy atom. The Labute approximate surface area is 163 Å². The van der Waals surface area contributed by atoms with Crippen LogP contribution in [-0.4, -0.2) is 49.2 Å². The molecule has 0 aliphatic carbocycles. The molecule has 4 N–H and O–H groups in total. The van der Waals surface area contributed by atoms with Crippen LogP contribution in [-0.2, 0) is 0 Å². The first-order valence-corrected chi connectivity index (χ1v) is 9.07. The number of rotatable bonds is 2. The fraction of sp³-hybridized carbons (Fsp3) is 0.238. The second-order valence-electron chi connectivity index (χ2n) is 6.39. The number of fused-ring (bicyclic) bond motifs is 1. The van der Waals surface area contributed by atoms with Crippen LogP contribution in [0.15, 0.2) is 54.7 Å². The van der Waals surface area contributed by atoms with Crippen molar-refractivity contribution < 1.29 is 19.3 Å². The van der Waals surface area contributed by atoms with Crippen molar-refractivity contribution >= 4 is 28.2 Å². The number of nitrogens with one attached hydrogen (secondary N) is 1. The molecule has 1 saturated heterocycles. The number of halogens is 1. The summed E-state index contributed by atoms with van der Waals surface area (Å²) < 4.78 is 13.9. The van der Waals surface area contributed by atoms with Crippen molar-refractivity contribution in [1.82, 2.24) is 4.90 Å². The van der Waals surface area contributed by atoms with Gasteiger partial charge in [-0.15, -0.1) is 0 Å². The van der Waals surface area contributed by atoms with Crippen molar-refractivity contribution in [2.24, 2.45) is 0 Å². The molecule has 6 nitrogen and oxygen atoms in total. The molecule has 7 heteroatoms. The molecule has 4 rings (SSSR count). The maximum Gasteiger partial charge on any atom is 0.256 e. The second kappa shape index (κ2) is 8.67. The number of anilines is 2. The van der Waals surface area contributed by atoms with Crippen molar-refractivity contribution in [3.8, 4) is 0 Å². The molecular weight excluding hydrogens is 359 g/mol. The first kappa shape index (κ1) is 19.6. The summed E-state index contributed by atoms with van der Waals surface area (Å²) in [5.41, 5.74) is 8.98. The maximum absolute atomic E-state index is 13.9. The highest BCUT2D eigenvalue weighted by Crippen LogP contribution is 2.28. The van der Waals surface area contributed by atoms with Crippen LogP contribution in [0.2, 0.25) is 0 Å². The standard InChI is InChI=1S/C20H19FN4O.CH4O/c21-16-6-2-1-4-14(16)20(26)25-12-10-24(11-13-25)18-8-7-17(22)15-5-3-9-23-19(15)18;1-2/h1-9H,10-13,22H2;2H,1H3/p+1. The van der Waals surface area contributed by atoms with Gasteiger partial charge in [-0.3, -0.25) is 4.79 Å². The Morgan fingerprint density at radius 1 is 1.04 bits per heavy atom.